The van der Waals surface area contributed by atoms with Crippen LogP contribution in [0.2, 0.25) is 5.31 Å². The highest BCUT2D eigenvalue weighted by Gasteiger charge is 2.63. The highest BCUT2D eigenvalue weighted by molar-refractivity contribution is 6.51. The first-order chi connectivity index (χ1) is 6.33. The van der Waals surface area contributed by atoms with Crippen molar-refractivity contribution in [3.8, 4) is 0 Å². The maximum absolute atomic E-state index is 5.98. The zero-order valence-electron chi connectivity index (χ0n) is 10.0. The molecule has 5 heteroatoms. The normalized spacial score (nSPS) is 29.8. The summed E-state index contributed by atoms with van der Waals surface area (Å²) in [5.41, 5.74) is 5.33. The molecule has 0 aromatic carbocycles. The summed E-state index contributed by atoms with van der Waals surface area (Å²) < 4.78 is 12.0. The summed E-state index contributed by atoms with van der Waals surface area (Å²) in [4.78, 5) is 0. The van der Waals surface area contributed by atoms with Gasteiger partial charge in [-0.1, -0.05) is 0 Å². The molecule has 0 aromatic heterocycles. The van der Waals surface area contributed by atoms with Crippen molar-refractivity contribution in [2.24, 2.45) is 5.73 Å². The van der Waals surface area contributed by atoms with Crippen molar-refractivity contribution in [1.82, 2.24) is 0 Å². The van der Waals surface area contributed by atoms with Gasteiger partial charge in [-0.15, -0.1) is 12.4 Å². The Labute approximate surface area is 98.6 Å². The SMILES string of the molecule is CC1(C)OB(C2(CN)CC2)OC1(C)C.Cl. The average molecular weight is 234 g/mol. The Morgan fingerprint density at radius 3 is 1.73 bits per heavy atom. The predicted octanol–water partition coefficient (Wildman–Crippen LogP) is 1.99. The zero-order chi connectivity index (χ0) is 10.6. The van der Waals surface area contributed by atoms with Crippen molar-refractivity contribution in [2.75, 3.05) is 6.54 Å². The van der Waals surface area contributed by atoms with E-state index in [4.69, 9.17) is 15.0 Å². The molecule has 15 heavy (non-hydrogen) atoms. The highest BCUT2D eigenvalue weighted by atomic mass is 35.5. The van der Waals surface area contributed by atoms with Gasteiger partial charge in [0.25, 0.3) is 0 Å². The molecule has 0 unspecified atom stereocenters. The number of nitrogens with two attached hydrogens (primary N) is 1. The first-order valence-corrected chi connectivity index (χ1v) is 5.39. The van der Waals surface area contributed by atoms with Crippen LogP contribution in [0.15, 0.2) is 0 Å². The molecule has 88 valence electrons. The topological polar surface area (TPSA) is 44.5 Å². The zero-order valence-corrected chi connectivity index (χ0v) is 10.8. The van der Waals surface area contributed by atoms with E-state index in [0.29, 0.717) is 6.54 Å². The van der Waals surface area contributed by atoms with E-state index in [1.807, 2.05) is 0 Å². The summed E-state index contributed by atoms with van der Waals surface area (Å²) in [5.74, 6) is 0. The lowest BCUT2D eigenvalue weighted by atomic mass is 9.68. The number of hydrogen-bond donors (Lipinski definition) is 1. The predicted molar refractivity (Wildman–Crippen MR) is 64.3 cm³/mol. The van der Waals surface area contributed by atoms with Crippen LogP contribution in [0.4, 0.5) is 0 Å². The van der Waals surface area contributed by atoms with Crippen molar-refractivity contribution in [3.63, 3.8) is 0 Å². The first kappa shape index (κ1) is 13.3. The Morgan fingerprint density at radius 1 is 1.07 bits per heavy atom. The minimum Gasteiger partial charge on any atom is -0.403 e. The van der Waals surface area contributed by atoms with Crippen LogP contribution in [0, 0.1) is 0 Å². The molecule has 0 bridgehead atoms. The summed E-state index contributed by atoms with van der Waals surface area (Å²) in [6.07, 6.45) is 2.28. The molecule has 1 saturated heterocycles. The van der Waals surface area contributed by atoms with Gasteiger partial charge in [-0.25, -0.2) is 0 Å². The first-order valence-electron chi connectivity index (χ1n) is 5.39. The van der Waals surface area contributed by atoms with Gasteiger partial charge in [-0.2, -0.15) is 0 Å². The smallest absolute Gasteiger partial charge is 0.403 e. The van der Waals surface area contributed by atoms with Crippen LogP contribution < -0.4 is 5.73 Å². The number of hydrogen-bond acceptors (Lipinski definition) is 3. The fourth-order valence-electron chi connectivity index (χ4n) is 1.79. The Hall–Kier alpha value is 0.235. The van der Waals surface area contributed by atoms with Crippen LogP contribution in [0.1, 0.15) is 40.5 Å². The van der Waals surface area contributed by atoms with E-state index in [1.54, 1.807) is 0 Å². The van der Waals surface area contributed by atoms with Crippen LogP contribution in [0.25, 0.3) is 0 Å². The van der Waals surface area contributed by atoms with E-state index < -0.39 is 0 Å². The number of rotatable bonds is 2. The van der Waals surface area contributed by atoms with Gasteiger partial charge >= 0.3 is 7.12 Å². The molecule has 1 aliphatic carbocycles. The van der Waals surface area contributed by atoms with Gasteiger partial charge in [0.1, 0.15) is 0 Å². The second-order valence-corrected chi connectivity index (χ2v) is 5.65. The highest BCUT2D eigenvalue weighted by Crippen LogP contribution is 2.59. The van der Waals surface area contributed by atoms with E-state index in [1.165, 1.54) is 0 Å². The van der Waals surface area contributed by atoms with Crippen LogP contribution in [-0.4, -0.2) is 24.9 Å². The largest absolute Gasteiger partial charge is 0.465 e. The molecule has 2 N–H and O–H groups in total. The average Bonchev–Trinajstić information content (AvgIpc) is 2.77. The Kier molecular flexibility index (Phi) is 3.21. The second-order valence-electron chi connectivity index (χ2n) is 5.65. The summed E-state index contributed by atoms with van der Waals surface area (Å²) in [7, 11) is -0.0995. The standard InChI is InChI=1S/C10H20BNO2.ClH/c1-8(2)9(3,4)14-11(13-8)10(7-12)5-6-10;/h5-7,12H2,1-4H3;1H. The van der Waals surface area contributed by atoms with Gasteiger partial charge in [-0.05, 0) is 47.1 Å². The molecular formula is C10H21BClNO2. The summed E-state index contributed by atoms with van der Waals surface area (Å²) in [6, 6.07) is 0. The van der Waals surface area contributed by atoms with Crippen LogP contribution in [0.5, 0.6) is 0 Å². The lowest BCUT2D eigenvalue weighted by Gasteiger charge is -2.32. The molecule has 1 saturated carbocycles. The minimum absolute atomic E-state index is 0. The van der Waals surface area contributed by atoms with Crippen LogP contribution in [0.3, 0.4) is 0 Å². The van der Waals surface area contributed by atoms with E-state index in [-0.39, 0.29) is 36.0 Å². The van der Waals surface area contributed by atoms with Crippen molar-refractivity contribution in [1.29, 1.82) is 0 Å². The van der Waals surface area contributed by atoms with E-state index in [0.717, 1.165) is 12.8 Å². The molecule has 0 amide bonds. The van der Waals surface area contributed by atoms with Crippen molar-refractivity contribution < 1.29 is 9.31 Å². The third-order valence-electron chi connectivity index (χ3n) is 4.05. The number of halogens is 1. The van der Waals surface area contributed by atoms with Crippen molar-refractivity contribution in [2.45, 2.75) is 57.1 Å². The van der Waals surface area contributed by atoms with Gasteiger partial charge in [0.2, 0.25) is 0 Å². The quantitative estimate of drug-likeness (QED) is 0.742. The van der Waals surface area contributed by atoms with Crippen molar-refractivity contribution in [3.05, 3.63) is 0 Å². The van der Waals surface area contributed by atoms with E-state index in [2.05, 4.69) is 27.7 Å². The molecule has 3 nitrogen and oxygen atoms in total. The van der Waals surface area contributed by atoms with Gasteiger partial charge in [-0.3, -0.25) is 0 Å². The van der Waals surface area contributed by atoms with Gasteiger partial charge in [0.05, 0.1) is 11.2 Å². The molecular weight excluding hydrogens is 212 g/mol. The third kappa shape index (κ3) is 1.93. The molecule has 0 atom stereocenters. The molecule has 1 heterocycles. The van der Waals surface area contributed by atoms with Gasteiger partial charge in [0, 0.05) is 5.31 Å². The summed E-state index contributed by atoms with van der Waals surface area (Å²) in [6.45, 7) is 9.00. The molecule has 0 radical (unpaired) electrons. The fourth-order valence-corrected chi connectivity index (χ4v) is 1.79. The van der Waals surface area contributed by atoms with Gasteiger partial charge < -0.3 is 15.0 Å². The Balaban J connectivity index is 0.00000112. The van der Waals surface area contributed by atoms with Gasteiger partial charge in [0.15, 0.2) is 0 Å². The maximum Gasteiger partial charge on any atom is 0.465 e. The lowest BCUT2D eigenvalue weighted by Crippen LogP contribution is -2.41. The summed E-state index contributed by atoms with van der Waals surface area (Å²) >= 11 is 0. The molecule has 0 aromatic rings. The minimum atomic E-state index is -0.220. The third-order valence-corrected chi connectivity index (χ3v) is 4.05. The van der Waals surface area contributed by atoms with E-state index in [9.17, 15) is 0 Å². The Bertz CT molecular complexity index is 238. The van der Waals surface area contributed by atoms with Crippen molar-refractivity contribution >= 4 is 19.5 Å². The van der Waals surface area contributed by atoms with E-state index >= 15 is 0 Å². The molecule has 2 fully saturated rings. The molecule has 0 spiro atoms. The van der Waals surface area contributed by atoms with Crippen LogP contribution >= 0.6 is 12.4 Å². The monoisotopic (exact) mass is 233 g/mol. The Morgan fingerprint density at radius 2 is 1.47 bits per heavy atom. The summed E-state index contributed by atoms with van der Waals surface area (Å²) in [5, 5.41) is 0.116. The second kappa shape index (κ2) is 3.62. The molecule has 2 rings (SSSR count). The lowest BCUT2D eigenvalue weighted by molar-refractivity contribution is 0.00578. The molecule has 2 aliphatic rings. The maximum atomic E-state index is 5.98. The molecule has 1 aliphatic heterocycles. The fraction of sp³-hybridized carbons (Fsp3) is 1.00. The van der Waals surface area contributed by atoms with Crippen LogP contribution in [-0.2, 0) is 9.31 Å².